The molecule has 0 saturated heterocycles. The molecule has 21 heavy (non-hydrogen) atoms. The third kappa shape index (κ3) is 2.27. The fourth-order valence-electron chi connectivity index (χ4n) is 2.10. The minimum Gasteiger partial charge on any atom is -0.415 e. The van der Waals surface area contributed by atoms with Crippen LogP contribution in [0.4, 0.5) is 29.3 Å². The second-order valence-electron chi connectivity index (χ2n) is 5.04. The van der Waals surface area contributed by atoms with E-state index in [1.807, 2.05) is 0 Å². The molecule has 0 bridgehead atoms. The highest BCUT2D eigenvalue weighted by molar-refractivity contribution is 5.90. The van der Waals surface area contributed by atoms with Crippen molar-refractivity contribution in [2.45, 2.75) is 24.6 Å². The highest BCUT2D eigenvalue weighted by Crippen LogP contribution is 2.48. The quantitative estimate of drug-likeness (QED) is 0.571. The van der Waals surface area contributed by atoms with Crippen molar-refractivity contribution in [1.29, 1.82) is 0 Å². The molecule has 1 saturated carbocycles. The summed E-state index contributed by atoms with van der Waals surface area (Å²) in [7, 11) is 0. The first-order valence-electron chi connectivity index (χ1n) is 6.31. The second kappa shape index (κ2) is 4.32. The molecular formula is C14H11F3N2O2. The van der Waals surface area contributed by atoms with E-state index in [4.69, 9.17) is 5.73 Å². The number of amides is 1. The Kier molecular flexibility index (Phi) is 2.80. The number of fused-ring (bicyclic) bond motifs is 1. The molecule has 1 heterocycles. The monoisotopic (exact) mass is 296 g/mol. The molecule has 110 valence electrons. The number of ether oxygens (including phenoxy) is 1. The van der Waals surface area contributed by atoms with Crippen molar-refractivity contribution in [3.8, 4) is 11.8 Å². The number of halogens is 3. The van der Waals surface area contributed by atoms with Crippen molar-refractivity contribution in [2.75, 3.05) is 11.1 Å². The average Bonchev–Trinajstić information content (AvgIpc) is 3.19. The van der Waals surface area contributed by atoms with Gasteiger partial charge < -0.3 is 10.5 Å². The minimum absolute atomic E-state index is 0.00266. The van der Waals surface area contributed by atoms with Gasteiger partial charge in [-0.3, -0.25) is 5.32 Å². The van der Waals surface area contributed by atoms with Crippen LogP contribution in [0.5, 0.6) is 0 Å². The molecule has 1 aromatic carbocycles. The summed E-state index contributed by atoms with van der Waals surface area (Å²) in [5, 5.41) is 2.23. The number of cyclic esters (lactones) is 1. The number of anilines is 2. The van der Waals surface area contributed by atoms with Crippen molar-refractivity contribution in [2.24, 2.45) is 5.92 Å². The molecule has 1 unspecified atom stereocenters. The van der Waals surface area contributed by atoms with Crippen molar-refractivity contribution < 1.29 is 22.7 Å². The molecule has 1 atom stereocenters. The third-order valence-electron chi connectivity index (χ3n) is 3.33. The number of nitrogen functional groups attached to an aromatic ring is 1. The maximum absolute atomic E-state index is 13.6. The lowest BCUT2D eigenvalue weighted by molar-refractivity contribution is -0.239. The van der Waals surface area contributed by atoms with Crippen LogP contribution >= 0.6 is 0 Å². The molecule has 1 fully saturated rings. The van der Waals surface area contributed by atoms with Crippen LogP contribution in [0.3, 0.4) is 0 Å². The summed E-state index contributed by atoms with van der Waals surface area (Å²) in [6.45, 7) is 0. The van der Waals surface area contributed by atoms with Crippen molar-refractivity contribution in [3.63, 3.8) is 0 Å². The summed E-state index contributed by atoms with van der Waals surface area (Å²) in [5.74, 6) is 4.61. The number of nitrogens with one attached hydrogen (secondary N) is 1. The van der Waals surface area contributed by atoms with E-state index in [1.54, 1.807) is 0 Å². The van der Waals surface area contributed by atoms with Gasteiger partial charge in [-0.25, -0.2) is 4.79 Å². The molecule has 1 aliphatic carbocycles. The van der Waals surface area contributed by atoms with Crippen molar-refractivity contribution >= 4 is 17.5 Å². The van der Waals surface area contributed by atoms with Gasteiger partial charge in [0.2, 0.25) is 0 Å². The number of hydrogen-bond donors (Lipinski definition) is 2. The van der Waals surface area contributed by atoms with Gasteiger partial charge in [-0.2, -0.15) is 13.2 Å². The van der Waals surface area contributed by atoms with Crippen LogP contribution < -0.4 is 11.1 Å². The minimum atomic E-state index is -4.87. The van der Waals surface area contributed by atoms with Crippen LogP contribution in [-0.4, -0.2) is 12.3 Å². The molecule has 1 amide bonds. The fraction of sp³-hybridized carbons (Fsp3) is 0.357. The molecule has 1 aliphatic heterocycles. The van der Waals surface area contributed by atoms with Gasteiger partial charge in [-0.15, -0.1) is 0 Å². The van der Waals surface area contributed by atoms with Crippen LogP contribution in [-0.2, 0) is 10.3 Å². The summed E-state index contributed by atoms with van der Waals surface area (Å²) < 4.78 is 45.4. The zero-order valence-corrected chi connectivity index (χ0v) is 10.8. The molecular weight excluding hydrogens is 285 g/mol. The number of rotatable bonds is 0. The van der Waals surface area contributed by atoms with E-state index in [1.165, 1.54) is 12.1 Å². The lowest BCUT2D eigenvalue weighted by atomic mass is 9.90. The van der Waals surface area contributed by atoms with Gasteiger partial charge in [0.05, 0.1) is 5.69 Å². The Morgan fingerprint density at radius 3 is 2.71 bits per heavy atom. The Morgan fingerprint density at radius 1 is 1.38 bits per heavy atom. The third-order valence-corrected chi connectivity index (χ3v) is 3.33. The molecule has 0 radical (unpaired) electrons. The van der Waals surface area contributed by atoms with Gasteiger partial charge in [-0.05, 0) is 37.0 Å². The Morgan fingerprint density at radius 2 is 2.10 bits per heavy atom. The smallest absolute Gasteiger partial charge is 0.415 e. The van der Waals surface area contributed by atoms with E-state index < -0.39 is 17.9 Å². The molecule has 4 nitrogen and oxygen atoms in total. The molecule has 0 spiro atoms. The van der Waals surface area contributed by atoms with Gasteiger partial charge in [-0.1, -0.05) is 5.92 Å². The van der Waals surface area contributed by atoms with Gasteiger partial charge in [0.25, 0.3) is 5.60 Å². The zero-order valence-electron chi connectivity index (χ0n) is 10.8. The lowest BCUT2D eigenvalue weighted by Crippen LogP contribution is -2.49. The highest BCUT2D eigenvalue weighted by Gasteiger charge is 2.62. The van der Waals surface area contributed by atoms with E-state index >= 15 is 0 Å². The topological polar surface area (TPSA) is 64.3 Å². The summed E-state index contributed by atoms with van der Waals surface area (Å²) in [4.78, 5) is 11.5. The molecule has 3 N–H and O–H groups in total. The maximum Gasteiger partial charge on any atom is 0.445 e. The second-order valence-corrected chi connectivity index (χ2v) is 5.04. The summed E-state index contributed by atoms with van der Waals surface area (Å²) in [6, 6.07) is 3.84. The van der Waals surface area contributed by atoms with E-state index in [0.29, 0.717) is 0 Å². The zero-order chi connectivity index (χ0) is 15.3. The van der Waals surface area contributed by atoms with E-state index in [-0.39, 0.29) is 22.9 Å². The number of alkyl halides is 3. The largest absolute Gasteiger partial charge is 0.445 e. The first-order valence-corrected chi connectivity index (χ1v) is 6.31. The van der Waals surface area contributed by atoms with Crippen LogP contribution in [0, 0.1) is 17.8 Å². The predicted molar refractivity (Wildman–Crippen MR) is 69.2 cm³/mol. The Hall–Kier alpha value is -2.36. The van der Waals surface area contributed by atoms with Crippen LogP contribution in [0.2, 0.25) is 0 Å². The molecule has 3 rings (SSSR count). The Labute approximate surface area is 118 Å². The lowest BCUT2D eigenvalue weighted by Gasteiger charge is -2.35. The van der Waals surface area contributed by atoms with E-state index in [2.05, 4.69) is 21.9 Å². The first-order chi connectivity index (χ1) is 9.82. The average molecular weight is 296 g/mol. The predicted octanol–water partition coefficient (Wildman–Crippen LogP) is 3.00. The van der Waals surface area contributed by atoms with Gasteiger partial charge in [0, 0.05) is 17.2 Å². The molecule has 1 aromatic rings. The standard InChI is InChI=1S/C14H11F3N2O2/c15-14(16,17)13(6-5-8-1-2-8)10-7-9(18)3-4-11(10)19-12(20)21-13/h3-4,7-8H,1-2,18H2,(H,19,20). The van der Waals surface area contributed by atoms with Crippen molar-refractivity contribution in [1.82, 2.24) is 0 Å². The maximum atomic E-state index is 13.6. The molecule has 2 aliphatic rings. The van der Waals surface area contributed by atoms with Crippen molar-refractivity contribution in [3.05, 3.63) is 23.8 Å². The normalized spacial score (nSPS) is 24.2. The highest BCUT2D eigenvalue weighted by atomic mass is 19.4. The summed E-state index contributed by atoms with van der Waals surface area (Å²) >= 11 is 0. The van der Waals surface area contributed by atoms with Gasteiger partial charge in [0.1, 0.15) is 0 Å². The van der Waals surface area contributed by atoms with E-state index in [9.17, 15) is 18.0 Å². The van der Waals surface area contributed by atoms with Crippen LogP contribution in [0.1, 0.15) is 18.4 Å². The van der Waals surface area contributed by atoms with Gasteiger partial charge >= 0.3 is 12.3 Å². The summed E-state index contributed by atoms with van der Waals surface area (Å²) in [5.41, 5.74) is 2.44. The summed E-state index contributed by atoms with van der Waals surface area (Å²) in [6.07, 6.45) is -4.53. The number of benzene rings is 1. The number of carbonyl (C=O) groups excluding carboxylic acids is 1. The Bertz CT molecular complexity index is 671. The number of nitrogens with two attached hydrogens (primary N) is 1. The fourth-order valence-corrected chi connectivity index (χ4v) is 2.10. The van der Waals surface area contributed by atoms with Gasteiger partial charge in [0.15, 0.2) is 0 Å². The number of hydrogen-bond acceptors (Lipinski definition) is 3. The molecule has 7 heteroatoms. The Balaban J connectivity index is 2.22. The first kappa shape index (κ1) is 13.6. The van der Waals surface area contributed by atoms with Crippen LogP contribution in [0.25, 0.3) is 0 Å². The molecule has 0 aromatic heterocycles. The van der Waals surface area contributed by atoms with E-state index in [0.717, 1.165) is 18.9 Å². The van der Waals surface area contributed by atoms with Crippen LogP contribution in [0.15, 0.2) is 18.2 Å². The SMILES string of the molecule is Nc1ccc2c(c1)C(C#CC1CC1)(C(F)(F)F)OC(=O)N2. The number of carbonyl (C=O) groups is 1.